The van der Waals surface area contributed by atoms with Crippen molar-refractivity contribution in [2.75, 3.05) is 44.4 Å². The summed E-state index contributed by atoms with van der Waals surface area (Å²) in [5.41, 5.74) is 2.38. The van der Waals surface area contributed by atoms with Crippen LogP contribution in [0.25, 0.3) is 0 Å². The molecule has 2 aromatic carbocycles. The minimum atomic E-state index is -0.501. The number of rotatable bonds is 5. The quantitative estimate of drug-likeness (QED) is 0.677. The van der Waals surface area contributed by atoms with E-state index in [0.717, 1.165) is 24.0 Å². The highest BCUT2D eigenvalue weighted by molar-refractivity contribution is 5.89. The highest BCUT2D eigenvalue weighted by atomic mass is 19.1. The number of carbonyl (C=O) groups is 2. The van der Waals surface area contributed by atoms with E-state index in [9.17, 15) is 14.0 Å². The van der Waals surface area contributed by atoms with E-state index in [4.69, 9.17) is 9.47 Å². The average Bonchev–Trinajstić information content (AvgIpc) is 3.30. The fourth-order valence-corrected chi connectivity index (χ4v) is 5.05. The summed E-state index contributed by atoms with van der Waals surface area (Å²) in [4.78, 5) is 31.9. The molecule has 5 rings (SSSR count). The molecule has 3 aliphatic heterocycles. The second kappa shape index (κ2) is 10.0. The molecule has 2 amide bonds. The zero-order valence-corrected chi connectivity index (χ0v) is 19.2. The van der Waals surface area contributed by atoms with Crippen LogP contribution in [-0.4, -0.2) is 67.1 Å². The van der Waals surface area contributed by atoms with Gasteiger partial charge in [0, 0.05) is 32.7 Å². The van der Waals surface area contributed by atoms with E-state index in [2.05, 4.69) is 0 Å². The molecule has 2 aromatic rings. The number of para-hydroxylation sites is 1. The van der Waals surface area contributed by atoms with Crippen molar-refractivity contribution < 1.29 is 23.5 Å². The number of likely N-dealkylation sites (tertiary alicyclic amines) is 1. The van der Waals surface area contributed by atoms with E-state index in [-0.39, 0.29) is 24.2 Å². The number of anilines is 1. The Hall–Kier alpha value is -3.13. The summed E-state index contributed by atoms with van der Waals surface area (Å²) in [6.45, 7) is 3.73. The van der Waals surface area contributed by atoms with Crippen LogP contribution in [0, 0.1) is 5.82 Å². The summed E-state index contributed by atoms with van der Waals surface area (Å²) in [6.07, 6.45) is 2.40. The van der Waals surface area contributed by atoms with Gasteiger partial charge < -0.3 is 24.2 Å². The molecule has 8 heteroatoms. The van der Waals surface area contributed by atoms with Crippen LogP contribution in [0.3, 0.4) is 0 Å². The van der Waals surface area contributed by atoms with Gasteiger partial charge in [-0.3, -0.25) is 9.59 Å². The van der Waals surface area contributed by atoms with E-state index in [1.165, 1.54) is 0 Å². The average molecular weight is 468 g/mol. The smallest absolute Gasteiger partial charge is 0.261 e. The lowest BCUT2D eigenvalue weighted by atomic mass is 10.0. The summed E-state index contributed by atoms with van der Waals surface area (Å²) in [6, 6.07) is 12.1. The van der Waals surface area contributed by atoms with Crippen LogP contribution >= 0.6 is 0 Å². The van der Waals surface area contributed by atoms with Crippen molar-refractivity contribution in [3.8, 4) is 5.75 Å². The predicted octanol–water partition coefficient (Wildman–Crippen LogP) is 2.96. The summed E-state index contributed by atoms with van der Waals surface area (Å²) < 4.78 is 25.9. The van der Waals surface area contributed by atoms with Gasteiger partial charge in [0.05, 0.1) is 18.9 Å². The molecule has 0 aromatic heterocycles. The van der Waals surface area contributed by atoms with Crippen LogP contribution in [0.1, 0.15) is 30.4 Å². The predicted molar refractivity (Wildman–Crippen MR) is 125 cm³/mol. The first-order valence-corrected chi connectivity index (χ1v) is 12.0. The Labute approximate surface area is 199 Å². The number of amides is 2. The van der Waals surface area contributed by atoms with Crippen molar-refractivity contribution in [2.24, 2.45) is 0 Å². The minimum Gasteiger partial charge on any atom is -0.484 e. The fraction of sp³-hybridized carbons (Fsp3) is 0.462. The first-order valence-electron chi connectivity index (χ1n) is 12.0. The second-order valence-corrected chi connectivity index (χ2v) is 9.07. The molecular formula is C26H30FN3O4. The molecule has 0 N–H and O–H groups in total. The normalized spacial score (nSPS) is 20.3. The second-order valence-electron chi connectivity index (χ2n) is 9.07. The highest BCUT2D eigenvalue weighted by Crippen LogP contribution is 2.32. The molecule has 0 spiro atoms. The minimum absolute atomic E-state index is 0.0720. The molecule has 0 unspecified atom stereocenters. The molecule has 2 fully saturated rings. The number of morpholine rings is 1. The number of benzene rings is 2. The van der Waals surface area contributed by atoms with Gasteiger partial charge in [0.1, 0.15) is 17.6 Å². The van der Waals surface area contributed by atoms with Gasteiger partial charge in [-0.2, -0.15) is 0 Å². The molecule has 2 saturated heterocycles. The summed E-state index contributed by atoms with van der Waals surface area (Å²) in [5.74, 6) is 0.114. The molecule has 7 nitrogen and oxygen atoms in total. The van der Waals surface area contributed by atoms with E-state index < -0.39 is 6.04 Å². The largest absolute Gasteiger partial charge is 0.484 e. The molecule has 0 saturated carbocycles. The van der Waals surface area contributed by atoms with Crippen molar-refractivity contribution in [1.29, 1.82) is 0 Å². The fourth-order valence-electron chi connectivity index (χ4n) is 5.05. The first-order chi connectivity index (χ1) is 16.6. The Bertz CT molecular complexity index is 1040. The zero-order valence-electron chi connectivity index (χ0n) is 19.2. The third-order valence-electron chi connectivity index (χ3n) is 6.87. The van der Waals surface area contributed by atoms with Gasteiger partial charge in [0.15, 0.2) is 6.61 Å². The number of carbonyl (C=O) groups excluding carboxylic acids is 2. The first kappa shape index (κ1) is 22.7. The van der Waals surface area contributed by atoms with Crippen LogP contribution in [-0.2, 0) is 27.4 Å². The van der Waals surface area contributed by atoms with E-state index in [1.54, 1.807) is 28.0 Å². The van der Waals surface area contributed by atoms with Crippen LogP contribution in [0.15, 0.2) is 42.5 Å². The van der Waals surface area contributed by atoms with Gasteiger partial charge in [-0.25, -0.2) is 4.39 Å². The van der Waals surface area contributed by atoms with E-state index in [1.807, 2.05) is 29.2 Å². The zero-order chi connectivity index (χ0) is 23.5. The van der Waals surface area contributed by atoms with Gasteiger partial charge in [0.25, 0.3) is 5.91 Å². The molecular weight excluding hydrogens is 437 g/mol. The highest BCUT2D eigenvalue weighted by Gasteiger charge is 2.37. The van der Waals surface area contributed by atoms with Crippen LogP contribution in [0.5, 0.6) is 5.75 Å². The third kappa shape index (κ3) is 4.73. The molecule has 0 radical (unpaired) electrons. The van der Waals surface area contributed by atoms with Gasteiger partial charge >= 0.3 is 0 Å². The van der Waals surface area contributed by atoms with Crippen molar-refractivity contribution in [3.05, 3.63) is 59.4 Å². The number of halogens is 1. The van der Waals surface area contributed by atoms with Crippen molar-refractivity contribution >= 4 is 17.5 Å². The van der Waals surface area contributed by atoms with Crippen LogP contribution < -0.4 is 9.64 Å². The summed E-state index contributed by atoms with van der Waals surface area (Å²) in [7, 11) is 0. The van der Waals surface area contributed by atoms with Gasteiger partial charge in [0.2, 0.25) is 5.91 Å². The van der Waals surface area contributed by atoms with E-state index in [0.29, 0.717) is 63.8 Å². The number of piperidine rings is 1. The number of hydrogen-bond acceptors (Lipinski definition) is 5. The summed E-state index contributed by atoms with van der Waals surface area (Å²) in [5, 5.41) is 0. The molecule has 3 aliphatic rings. The molecule has 0 aliphatic carbocycles. The Kier molecular flexibility index (Phi) is 6.67. The summed E-state index contributed by atoms with van der Waals surface area (Å²) >= 11 is 0. The monoisotopic (exact) mass is 467 g/mol. The molecule has 180 valence electrons. The number of hydrogen-bond donors (Lipinski definition) is 0. The van der Waals surface area contributed by atoms with Gasteiger partial charge in [-0.05, 0) is 54.7 Å². The lowest BCUT2D eigenvalue weighted by molar-refractivity contribution is -0.149. The van der Waals surface area contributed by atoms with E-state index >= 15 is 0 Å². The Morgan fingerprint density at radius 1 is 1.00 bits per heavy atom. The number of fused-ring (bicyclic) bond motifs is 1. The third-order valence-corrected chi connectivity index (χ3v) is 6.87. The van der Waals surface area contributed by atoms with Gasteiger partial charge in [-0.15, -0.1) is 0 Å². The Morgan fingerprint density at radius 3 is 2.50 bits per heavy atom. The van der Waals surface area contributed by atoms with Crippen LogP contribution in [0.4, 0.5) is 10.1 Å². The SMILES string of the molecule is O=C([C@H]1CCCCN1C(=O)COc1ccccc1)N1Cc2cc(F)c(N3CCOCC3)cc2C1. The van der Waals surface area contributed by atoms with Crippen molar-refractivity contribution in [1.82, 2.24) is 9.80 Å². The maximum absolute atomic E-state index is 14.9. The Morgan fingerprint density at radius 2 is 1.74 bits per heavy atom. The van der Waals surface area contributed by atoms with Crippen molar-refractivity contribution in [2.45, 2.75) is 38.4 Å². The van der Waals surface area contributed by atoms with Crippen LogP contribution in [0.2, 0.25) is 0 Å². The molecule has 1 atom stereocenters. The van der Waals surface area contributed by atoms with Crippen molar-refractivity contribution in [3.63, 3.8) is 0 Å². The number of ether oxygens (including phenoxy) is 2. The lowest BCUT2D eigenvalue weighted by Gasteiger charge is -2.36. The Balaban J connectivity index is 1.26. The maximum atomic E-state index is 14.9. The molecule has 34 heavy (non-hydrogen) atoms. The lowest BCUT2D eigenvalue weighted by Crippen LogP contribution is -2.53. The number of nitrogens with zero attached hydrogens (tertiary/aromatic N) is 3. The molecule has 0 bridgehead atoms. The molecule has 3 heterocycles. The topological polar surface area (TPSA) is 62.3 Å². The maximum Gasteiger partial charge on any atom is 0.261 e. The van der Waals surface area contributed by atoms with Gasteiger partial charge in [-0.1, -0.05) is 18.2 Å². The standard InChI is InChI=1S/C26H30FN3O4/c27-22-14-19-16-29(17-20(19)15-24(22)28-10-12-33-13-11-28)26(32)23-8-4-5-9-30(23)25(31)18-34-21-6-2-1-3-7-21/h1-3,6-7,14-15,23H,4-5,8-13,16-18H2/t23-/m1/s1.